The third kappa shape index (κ3) is 6.33. The summed E-state index contributed by atoms with van der Waals surface area (Å²) in [4.78, 5) is 32.3. The number of rotatable bonds is 7. The highest BCUT2D eigenvalue weighted by molar-refractivity contribution is 5.93. The van der Waals surface area contributed by atoms with Crippen LogP contribution in [0.3, 0.4) is 0 Å². The van der Waals surface area contributed by atoms with Crippen molar-refractivity contribution in [3.63, 3.8) is 0 Å². The number of guanidine groups is 1. The fourth-order valence-electron chi connectivity index (χ4n) is 3.74. The number of aliphatic imine (C=N–C) groups is 1. The van der Waals surface area contributed by atoms with Crippen LogP contribution >= 0.6 is 0 Å². The third-order valence-corrected chi connectivity index (χ3v) is 5.63. The maximum atomic E-state index is 12.6. The van der Waals surface area contributed by atoms with Crippen LogP contribution in [-0.4, -0.2) is 61.8 Å². The van der Waals surface area contributed by atoms with E-state index >= 15 is 0 Å². The molecule has 0 fully saturated rings. The zero-order chi connectivity index (χ0) is 22.9. The average Bonchev–Trinajstić information content (AvgIpc) is 2.83. The van der Waals surface area contributed by atoms with Gasteiger partial charge in [0.2, 0.25) is 5.91 Å². The Morgan fingerprint density at radius 1 is 1.03 bits per heavy atom. The second-order valence-corrected chi connectivity index (χ2v) is 8.19. The lowest BCUT2D eigenvalue weighted by Gasteiger charge is -2.29. The molecule has 0 atom stereocenters. The zero-order valence-corrected chi connectivity index (χ0v) is 19.2. The van der Waals surface area contributed by atoms with Gasteiger partial charge in [-0.1, -0.05) is 36.4 Å². The summed E-state index contributed by atoms with van der Waals surface area (Å²) in [6.45, 7) is 2.78. The van der Waals surface area contributed by atoms with Crippen molar-refractivity contribution in [3.05, 3.63) is 70.8 Å². The predicted molar refractivity (Wildman–Crippen MR) is 127 cm³/mol. The summed E-state index contributed by atoms with van der Waals surface area (Å²) in [6, 6.07) is 15.9. The van der Waals surface area contributed by atoms with E-state index in [4.69, 9.17) is 0 Å². The first-order valence-corrected chi connectivity index (χ1v) is 11.1. The van der Waals surface area contributed by atoms with E-state index in [0.717, 1.165) is 24.9 Å². The Morgan fingerprint density at radius 3 is 2.44 bits per heavy atom. The minimum atomic E-state index is -0.00899. The molecule has 1 aliphatic heterocycles. The largest absolute Gasteiger partial charge is 0.356 e. The molecule has 32 heavy (non-hydrogen) atoms. The number of nitrogens with one attached hydrogen (secondary N) is 2. The first-order chi connectivity index (χ1) is 15.5. The lowest BCUT2D eigenvalue weighted by molar-refractivity contribution is -0.132. The normalized spacial score (nSPS) is 13.3. The lowest BCUT2D eigenvalue weighted by Crippen LogP contribution is -2.38. The summed E-state index contributed by atoms with van der Waals surface area (Å²) >= 11 is 0. The molecular weight excluding hydrogens is 402 g/mol. The molecule has 0 saturated heterocycles. The van der Waals surface area contributed by atoms with Gasteiger partial charge in [-0.3, -0.25) is 14.6 Å². The van der Waals surface area contributed by atoms with Crippen LogP contribution in [0, 0.1) is 0 Å². The summed E-state index contributed by atoms with van der Waals surface area (Å²) in [5.41, 5.74) is 4.34. The average molecular weight is 436 g/mol. The van der Waals surface area contributed by atoms with E-state index in [1.807, 2.05) is 35.2 Å². The van der Waals surface area contributed by atoms with Gasteiger partial charge in [-0.25, -0.2) is 0 Å². The van der Waals surface area contributed by atoms with Crippen LogP contribution in [0.15, 0.2) is 53.5 Å². The molecule has 2 amide bonds. The number of amides is 2. The Morgan fingerprint density at radius 2 is 1.75 bits per heavy atom. The molecule has 2 N–H and O–H groups in total. The van der Waals surface area contributed by atoms with E-state index in [9.17, 15) is 9.59 Å². The van der Waals surface area contributed by atoms with Gasteiger partial charge in [0.1, 0.15) is 0 Å². The van der Waals surface area contributed by atoms with Crippen molar-refractivity contribution in [2.75, 3.05) is 34.2 Å². The third-order valence-electron chi connectivity index (χ3n) is 5.63. The highest BCUT2D eigenvalue weighted by Gasteiger charge is 2.19. The number of fused-ring (bicyclic) bond motifs is 1. The molecule has 1 heterocycles. The standard InChI is InChI=1S/C25H33N5O2/c1-26-25(28-17-19-10-12-21(13-11-19)24(32)29(2)3)27-15-6-9-23(31)30-16-14-20-7-4-5-8-22(20)18-30/h4-5,7-8,10-13H,6,9,14-18H2,1-3H3,(H2,26,27,28). The van der Waals surface area contributed by atoms with Crippen LogP contribution in [0.1, 0.15) is 39.9 Å². The van der Waals surface area contributed by atoms with Gasteiger partial charge in [0, 0.05) is 59.3 Å². The second-order valence-electron chi connectivity index (χ2n) is 8.19. The van der Waals surface area contributed by atoms with Gasteiger partial charge < -0.3 is 20.4 Å². The molecule has 2 aromatic carbocycles. The lowest BCUT2D eigenvalue weighted by atomic mass is 9.99. The summed E-state index contributed by atoms with van der Waals surface area (Å²) in [5, 5.41) is 6.53. The minimum Gasteiger partial charge on any atom is -0.356 e. The summed E-state index contributed by atoms with van der Waals surface area (Å²) in [6.07, 6.45) is 2.20. The predicted octanol–water partition coefficient (Wildman–Crippen LogP) is 2.42. The molecule has 7 nitrogen and oxygen atoms in total. The van der Waals surface area contributed by atoms with Crippen LogP contribution in [0.2, 0.25) is 0 Å². The highest BCUT2D eigenvalue weighted by atomic mass is 16.2. The van der Waals surface area contributed by atoms with E-state index in [1.54, 1.807) is 26.0 Å². The Balaban J connectivity index is 1.37. The molecule has 2 aromatic rings. The Labute approximate surface area is 190 Å². The van der Waals surface area contributed by atoms with Gasteiger partial charge in [0.05, 0.1) is 0 Å². The SMILES string of the molecule is CN=C(NCCCC(=O)N1CCc2ccccc2C1)NCc1ccc(C(=O)N(C)C)cc1. The van der Waals surface area contributed by atoms with Crippen molar-refractivity contribution in [3.8, 4) is 0 Å². The molecular formula is C25H33N5O2. The first kappa shape index (κ1) is 23.3. The molecule has 0 aliphatic carbocycles. The van der Waals surface area contributed by atoms with Crippen LogP contribution < -0.4 is 10.6 Å². The van der Waals surface area contributed by atoms with Gasteiger partial charge in [-0.2, -0.15) is 0 Å². The number of hydrogen-bond donors (Lipinski definition) is 2. The van der Waals surface area contributed by atoms with Gasteiger partial charge in [-0.15, -0.1) is 0 Å². The van der Waals surface area contributed by atoms with Gasteiger partial charge >= 0.3 is 0 Å². The molecule has 3 rings (SSSR count). The van der Waals surface area contributed by atoms with Crippen LogP contribution in [-0.2, 0) is 24.3 Å². The number of carbonyl (C=O) groups is 2. The smallest absolute Gasteiger partial charge is 0.253 e. The molecule has 0 aromatic heterocycles. The van der Waals surface area contributed by atoms with Crippen molar-refractivity contribution in [1.29, 1.82) is 0 Å². The molecule has 1 aliphatic rings. The molecule has 0 spiro atoms. The monoisotopic (exact) mass is 435 g/mol. The van der Waals surface area contributed by atoms with E-state index < -0.39 is 0 Å². The first-order valence-electron chi connectivity index (χ1n) is 11.1. The van der Waals surface area contributed by atoms with Crippen LogP contribution in [0.4, 0.5) is 0 Å². The number of benzene rings is 2. The van der Waals surface area contributed by atoms with Gasteiger partial charge in [0.25, 0.3) is 5.91 Å². The molecule has 0 unspecified atom stereocenters. The molecule has 0 bridgehead atoms. The fourth-order valence-corrected chi connectivity index (χ4v) is 3.74. The summed E-state index contributed by atoms with van der Waals surface area (Å²) in [7, 11) is 5.21. The number of hydrogen-bond acceptors (Lipinski definition) is 3. The zero-order valence-electron chi connectivity index (χ0n) is 19.2. The number of carbonyl (C=O) groups excluding carboxylic acids is 2. The maximum absolute atomic E-state index is 12.6. The Hall–Kier alpha value is -3.35. The van der Waals surface area contributed by atoms with Crippen molar-refractivity contribution in [2.45, 2.75) is 32.4 Å². The fraction of sp³-hybridized carbons (Fsp3) is 0.400. The number of nitrogens with zero attached hydrogens (tertiary/aromatic N) is 3. The van der Waals surface area contributed by atoms with E-state index in [2.05, 4.69) is 33.8 Å². The van der Waals surface area contributed by atoms with Gasteiger partial charge in [-0.05, 0) is 41.7 Å². The minimum absolute atomic E-state index is 0.00899. The molecule has 170 valence electrons. The van der Waals surface area contributed by atoms with Crippen molar-refractivity contribution < 1.29 is 9.59 Å². The van der Waals surface area contributed by atoms with Crippen LogP contribution in [0.25, 0.3) is 0 Å². The molecule has 0 radical (unpaired) electrons. The van der Waals surface area contributed by atoms with E-state index in [1.165, 1.54) is 11.1 Å². The van der Waals surface area contributed by atoms with Gasteiger partial charge in [0.15, 0.2) is 5.96 Å². The summed E-state index contributed by atoms with van der Waals surface area (Å²) < 4.78 is 0. The topological polar surface area (TPSA) is 77.0 Å². The summed E-state index contributed by atoms with van der Waals surface area (Å²) in [5.74, 6) is 0.889. The quantitative estimate of drug-likeness (QED) is 0.398. The van der Waals surface area contributed by atoms with E-state index in [-0.39, 0.29) is 11.8 Å². The Bertz CT molecular complexity index is 953. The second kappa shape index (κ2) is 11.3. The van der Waals surface area contributed by atoms with Crippen molar-refractivity contribution in [2.24, 2.45) is 4.99 Å². The Kier molecular flexibility index (Phi) is 8.25. The molecule has 0 saturated carbocycles. The van der Waals surface area contributed by atoms with Crippen molar-refractivity contribution in [1.82, 2.24) is 20.4 Å². The maximum Gasteiger partial charge on any atom is 0.253 e. The van der Waals surface area contributed by atoms with Crippen molar-refractivity contribution >= 4 is 17.8 Å². The highest BCUT2D eigenvalue weighted by Crippen LogP contribution is 2.19. The molecule has 7 heteroatoms. The van der Waals surface area contributed by atoms with E-state index in [0.29, 0.717) is 37.6 Å². The van der Waals surface area contributed by atoms with Crippen LogP contribution in [0.5, 0.6) is 0 Å².